The van der Waals surface area contributed by atoms with Gasteiger partial charge in [0.05, 0.1) is 19.8 Å². The van der Waals surface area contributed by atoms with Crippen LogP contribution in [0.3, 0.4) is 0 Å². The van der Waals surface area contributed by atoms with Crippen molar-refractivity contribution in [3.63, 3.8) is 0 Å². The normalized spacial score (nSPS) is 15.1. The summed E-state index contributed by atoms with van der Waals surface area (Å²) >= 11 is 0. The highest BCUT2D eigenvalue weighted by Gasteiger charge is 2.29. The smallest absolute Gasteiger partial charge is 0.339 e. The van der Waals surface area contributed by atoms with Crippen molar-refractivity contribution in [3.05, 3.63) is 47.7 Å². The van der Waals surface area contributed by atoms with Crippen molar-refractivity contribution in [3.8, 4) is 22.6 Å². The van der Waals surface area contributed by atoms with Gasteiger partial charge in [-0.05, 0) is 59.9 Å². The number of cyclic esters (lactones) is 1. The lowest BCUT2D eigenvalue weighted by Crippen LogP contribution is -2.20. The highest BCUT2D eigenvalue weighted by atomic mass is 16.5. The fraction of sp³-hybridized carbons (Fsp3) is 0.333. The van der Waals surface area contributed by atoms with E-state index < -0.39 is 0 Å². The number of hydrogen-bond donors (Lipinski definition) is 0. The van der Waals surface area contributed by atoms with E-state index in [1.54, 1.807) is 14.2 Å². The van der Waals surface area contributed by atoms with Crippen LogP contribution in [0.15, 0.2) is 36.5 Å². The Bertz CT molecular complexity index is 1140. The van der Waals surface area contributed by atoms with Crippen LogP contribution >= 0.6 is 0 Å². The van der Waals surface area contributed by atoms with Crippen LogP contribution in [0.25, 0.3) is 21.9 Å². The van der Waals surface area contributed by atoms with Crippen LogP contribution in [-0.4, -0.2) is 38.8 Å². The van der Waals surface area contributed by atoms with Crippen LogP contribution < -0.4 is 14.4 Å². The number of rotatable bonds is 6. The monoisotopic (exact) mass is 404 g/mol. The lowest BCUT2D eigenvalue weighted by molar-refractivity contribution is 0.0535. The predicted octanol–water partition coefficient (Wildman–Crippen LogP) is 4.44. The first-order chi connectivity index (χ1) is 14.6. The first-order valence-corrected chi connectivity index (χ1v) is 10.2. The summed E-state index contributed by atoms with van der Waals surface area (Å²) in [5.74, 6) is 2.69. The van der Waals surface area contributed by atoms with Gasteiger partial charge in [-0.15, -0.1) is 0 Å². The molecule has 1 saturated carbocycles. The number of esters is 1. The summed E-state index contributed by atoms with van der Waals surface area (Å²) in [6.07, 6.45) is 4.45. The number of fused-ring (bicyclic) bond motifs is 2. The number of ether oxygens (including phenoxy) is 3. The standard InChI is InChI=1S/C24H24N2O4/c1-26(12-14-4-5-14)21-7-6-15(11-25-21)22-18-10-20(29-3)19(28-2)9-16(18)8-17-13-30-24(27)23(17)22/h6-11,14H,4-5,12-13H2,1-3H3. The number of methoxy groups -OCH3 is 2. The van der Waals surface area contributed by atoms with Gasteiger partial charge in [0.25, 0.3) is 0 Å². The first-order valence-electron chi connectivity index (χ1n) is 10.2. The van der Waals surface area contributed by atoms with Gasteiger partial charge < -0.3 is 19.1 Å². The highest BCUT2D eigenvalue weighted by Crippen LogP contribution is 2.42. The van der Waals surface area contributed by atoms with Crippen LogP contribution in [0.4, 0.5) is 5.82 Å². The average Bonchev–Trinajstić information content (AvgIpc) is 3.52. The van der Waals surface area contributed by atoms with Crippen molar-refractivity contribution >= 4 is 22.6 Å². The Morgan fingerprint density at radius 3 is 2.53 bits per heavy atom. The third kappa shape index (κ3) is 3.12. The highest BCUT2D eigenvalue weighted by molar-refractivity contribution is 6.11. The largest absolute Gasteiger partial charge is 0.493 e. The van der Waals surface area contributed by atoms with Crippen molar-refractivity contribution in [1.82, 2.24) is 4.98 Å². The lowest BCUT2D eigenvalue weighted by atomic mass is 9.91. The molecule has 1 aromatic heterocycles. The molecule has 0 amide bonds. The molecule has 6 heteroatoms. The number of nitrogens with zero attached hydrogens (tertiary/aromatic N) is 2. The molecule has 2 heterocycles. The summed E-state index contributed by atoms with van der Waals surface area (Å²) in [7, 11) is 5.30. The molecule has 0 unspecified atom stereocenters. The molecule has 2 aliphatic rings. The van der Waals surface area contributed by atoms with Crippen molar-refractivity contribution in [1.29, 1.82) is 0 Å². The lowest BCUT2D eigenvalue weighted by Gasteiger charge is -2.19. The Morgan fingerprint density at radius 2 is 1.87 bits per heavy atom. The average molecular weight is 404 g/mol. The molecule has 0 atom stereocenters. The van der Waals surface area contributed by atoms with E-state index in [4.69, 9.17) is 14.2 Å². The molecular weight excluding hydrogens is 380 g/mol. The zero-order chi connectivity index (χ0) is 20.8. The van der Waals surface area contributed by atoms with E-state index in [9.17, 15) is 4.79 Å². The second-order valence-electron chi connectivity index (χ2n) is 8.02. The van der Waals surface area contributed by atoms with E-state index in [1.165, 1.54) is 12.8 Å². The molecule has 0 N–H and O–H groups in total. The first kappa shape index (κ1) is 18.7. The van der Waals surface area contributed by atoms with Gasteiger partial charge in [0.15, 0.2) is 11.5 Å². The number of carbonyl (C=O) groups is 1. The number of pyridine rings is 1. The summed E-state index contributed by atoms with van der Waals surface area (Å²) in [6, 6.07) is 9.90. The predicted molar refractivity (Wildman–Crippen MR) is 115 cm³/mol. The van der Waals surface area contributed by atoms with Gasteiger partial charge in [0.2, 0.25) is 0 Å². The number of hydrogen-bond acceptors (Lipinski definition) is 6. The van der Waals surface area contributed by atoms with Gasteiger partial charge in [0, 0.05) is 36.5 Å². The van der Waals surface area contributed by atoms with E-state index in [-0.39, 0.29) is 12.6 Å². The Kier molecular flexibility index (Phi) is 4.50. The van der Waals surface area contributed by atoms with Gasteiger partial charge in [-0.25, -0.2) is 9.78 Å². The Labute approximate surface area is 175 Å². The van der Waals surface area contributed by atoms with Gasteiger partial charge in [-0.2, -0.15) is 0 Å². The van der Waals surface area contributed by atoms with E-state index in [0.29, 0.717) is 17.1 Å². The molecule has 154 valence electrons. The fourth-order valence-electron chi connectivity index (χ4n) is 4.19. The molecule has 1 aliphatic heterocycles. The number of benzene rings is 2. The summed E-state index contributed by atoms with van der Waals surface area (Å²) in [4.78, 5) is 19.5. The minimum atomic E-state index is -0.299. The molecule has 0 saturated heterocycles. The van der Waals surface area contributed by atoms with Gasteiger partial charge in [0.1, 0.15) is 12.4 Å². The Morgan fingerprint density at radius 1 is 1.10 bits per heavy atom. The minimum absolute atomic E-state index is 0.279. The number of anilines is 1. The van der Waals surface area contributed by atoms with E-state index in [1.807, 2.05) is 36.5 Å². The topological polar surface area (TPSA) is 60.9 Å². The molecule has 30 heavy (non-hydrogen) atoms. The van der Waals surface area contributed by atoms with E-state index in [2.05, 4.69) is 16.9 Å². The fourth-order valence-corrected chi connectivity index (χ4v) is 4.19. The molecule has 1 fully saturated rings. The minimum Gasteiger partial charge on any atom is -0.493 e. The molecule has 0 spiro atoms. The quantitative estimate of drug-likeness (QED) is 0.566. The summed E-state index contributed by atoms with van der Waals surface area (Å²) in [5.41, 5.74) is 3.20. The van der Waals surface area contributed by atoms with Crippen LogP contribution in [0.2, 0.25) is 0 Å². The van der Waals surface area contributed by atoms with E-state index >= 15 is 0 Å². The molecule has 2 aromatic carbocycles. The van der Waals surface area contributed by atoms with Crippen molar-refractivity contribution < 1.29 is 19.0 Å². The van der Waals surface area contributed by atoms with Crippen LogP contribution in [0.5, 0.6) is 11.5 Å². The SMILES string of the molecule is COc1cc2cc3c(c(-c4ccc(N(C)CC5CC5)nc4)c2cc1OC)C(=O)OC3. The maximum absolute atomic E-state index is 12.6. The van der Waals surface area contributed by atoms with Gasteiger partial charge in [-0.3, -0.25) is 0 Å². The van der Waals surface area contributed by atoms with Crippen molar-refractivity contribution in [2.24, 2.45) is 5.92 Å². The molecule has 6 nitrogen and oxygen atoms in total. The number of carbonyl (C=O) groups excluding carboxylic acids is 1. The third-order valence-corrected chi connectivity index (χ3v) is 5.95. The maximum Gasteiger partial charge on any atom is 0.339 e. The second-order valence-corrected chi connectivity index (χ2v) is 8.02. The van der Waals surface area contributed by atoms with Crippen molar-refractivity contribution in [2.75, 3.05) is 32.7 Å². The number of aromatic nitrogens is 1. The molecule has 5 rings (SSSR count). The molecule has 0 bridgehead atoms. The van der Waals surface area contributed by atoms with Crippen LogP contribution in [0, 0.1) is 5.92 Å². The molecule has 1 aliphatic carbocycles. The zero-order valence-corrected chi connectivity index (χ0v) is 17.4. The van der Waals surface area contributed by atoms with Gasteiger partial charge >= 0.3 is 5.97 Å². The van der Waals surface area contributed by atoms with Crippen molar-refractivity contribution in [2.45, 2.75) is 19.4 Å². The molecule has 3 aromatic rings. The zero-order valence-electron chi connectivity index (χ0n) is 17.4. The molecule has 0 radical (unpaired) electrons. The summed E-state index contributed by atoms with van der Waals surface area (Å²) in [6.45, 7) is 1.31. The van der Waals surface area contributed by atoms with Gasteiger partial charge in [-0.1, -0.05) is 0 Å². The third-order valence-electron chi connectivity index (χ3n) is 5.95. The molecular formula is C24H24N2O4. The maximum atomic E-state index is 12.6. The Hall–Kier alpha value is -3.28. The van der Waals surface area contributed by atoms with Crippen LogP contribution in [-0.2, 0) is 11.3 Å². The van der Waals surface area contributed by atoms with E-state index in [0.717, 1.165) is 45.7 Å². The second kappa shape index (κ2) is 7.20. The van der Waals surface area contributed by atoms with Crippen LogP contribution in [0.1, 0.15) is 28.8 Å². The Balaban J connectivity index is 1.66. The summed E-state index contributed by atoms with van der Waals surface area (Å²) in [5, 5.41) is 1.88. The summed E-state index contributed by atoms with van der Waals surface area (Å²) < 4.78 is 16.3.